The summed E-state index contributed by atoms with van der Waals surface area (Å²) in [5, 5.41) is 12.0. The number of amides is 2. The van der Waals surface area contributed by atoms with Crippen molar-refractivity contribution in [1.29, 1.82) is 0 Å². The number of aromatic hydroxyl groups is 1. The van der Waals surface area contributed by atoms with Crippen molar-refractivity contribution in [3.63, 3.8) is 0 Å². The number of carbonyl (C=O) groups is 2. The fraction of sp³-hybridized carbons (Fsp3) is 0.200. The first-order chi connectivity index (χ1) is 9.49. The van der Waals surface area contributed by atoms with E-state index in [0.717, 1.165) is 5.56 Å². The highest BCUT2D eigenvalue weighted by Gasteiger charge is 2.21. The van der Waals surface area contributed by atoms with E-state index >= 15 is 0 Å². The topological polar surface area (TPSA) is 69.6 Å². The molecule has 20 heavy (non-hydrogen) atoms. The van der Waals surface area contributed by atoms with Crippen molar-refractivity contribution in [3.8, 4) is 5.75 Å². The van der Waals surface area contributed by atoms with Crippen molar-refractivity contribution >= 4 is 17.5 Å². The van der Waals surface area contributed by atoms with Crippen molar-refractivity contribution < 1.29 is 14.7 Å². The standard InChI is InChI=1S/C15H18N2O3/c1-4-8-17(9-5-2)15(20)14(19)16-12-10-11(3)6-7-13(12)18/h4-7,10,18H,1-2,8-9H2,3H3,(H,16,19). The number of carbonyl (C=O) groups excluding carboxylic acids is 2. The quantitative estimate of drug-likeness (QED) is 0.489. The average molecular weight is 274 g/mol. The van der Waals surface area contributed by atoms with Crippen molar-refractivity contribution in [3.05, 3.63) is 49.1 Å². The Hall–Kier alpha value is -2.56. The highest BCUT2D eigenvalue weighted by molar-refractivity contribution is 6.39. The van der Waals surface area contributed by atoms with E-state index in [0.29, 0.717) is 0 Å². The maximum Gasteiger partial charge on any atom is 0.314 e. The van der Waals surface area contributed by atoms with Gasteiger partial charge in [0.25, 0.3) is 0 Å². The largest absolute Gasteiger partial charge is 0.506 e. The number of aryl methyl sites for hydroxylation is 1. The molecule has 0 heterocycles. The Bertz CT molecular complexity index is 528. The van der Waals surface area contributed by atoms with E-state index in [1.807, 2.05) is 6.92 Å². The monoisotopic (exact) mass is 274 g/mol. The third-order valence-corrected chi connectivity index (χ3v) is 2.58. The zero-order valence-corrected chi connectivity index (χ0v) is 11.4. The molecule has 0 aromatic heterocycles. The van der Waals surface area contributed by atoms with Crippen LogP contribution in [0.2, 0.25) is 0 Å². The Morgan fingerprint density at radius 3 is 2.45 bits per heavy atom. The van der Waals surface area contributed by atoms with Crippen LogP contribution in [0.25, 0.3) is 0 Å². The van der Waals surface area contributed by atoms with Crippen LogP contribution in [-0.2, 0) is 9.59 Å². The van der Waals surface area contributed by atoms with Crippen LogP contribution in [0.15, 0.2) is 43.5 Å². The van der Waals surface area contributed by atoms with Crippen LogP contribution in [-0.4, -0.2) is 34.9 Å². The van der Waals surface area contributed by atoms with E-state index in [2.05, 4.69) is 18.5 Å². The van der Waals surface area contributed by atoms with Gasteiger partial charge >= 0.3 is 11.8 Å². The number of hydrogen-bond acceptors (Lipinski definition) is 3. The van der Waals surface area contributed by atoms with Crippen LogP contribution in [0, 0.1) is 6.92 Å². The average Bonchev–Trinajstić information content (AvgIpc) is 2.41. The lowest BCUT2D eigenvalue weighted by Gasteiger charge is -2.18. The summed E-state index contributed by atoms with van der Waals surface area (Å²) in [6.07, 6.45) is 3.05. The van der Waals surface area contributed by atoms with Crippen LogP contribution in [0.4, 0.5) is 5.69 Å². The molecule has 1 aromatic rings. The van der Waals surface area contributed by atoms with Gasteiger partial charge in [-0.3, -0.25) is 9.59 Å². The second-order valence-corrected chi connectivity index (χ2v) is 4.26. The number of anilines is 1. The predicted molar refractivity (Wildman–Crippen MR) is 78.4 cm³/mol. The Labute approximate surface area is 118 Å². The highest BCUT2D eigenvalue weighted by Crippen LogP contribution is 2.23. The maximum absolute atomic E-state index is 12.0. The zero-order chi connectivity index (χ0) is 15.1. The SMILES string of the molecule is C=CCN(CC=C)C(=O)C(=O)Nc1cc(C)ccc1O. The summed E-state index contributed by atoms with van der Waals surface area (Å²) in [5.74, 6) is -1.60. The van der Waals surface area contributed by atoms with Gasteiger partial charge in [-0.15, -0.1) is 13.2 Å². The molecular formula is C15H18N2O3. The van der Waals surface area contributed by atoms with Gasteiger partial charge in [0.05, 0.1) is 5.69 Å². The van der Waals surface area contributed by atoms with Crippen LogP contribution in [0.3, 0.4) is 0 Å². The zero-order valence-electron chi connectivity index (χ0n) is 11.4. The molecule has 0 atom stereocenters. The van der Waals surface area contributed by atoms with Gasteiger partial charge in [0, 0.05) is 13.1 Å². The van der Waals surface area contributed by atoms with E-state index in [4.69, 9.17) is 0 Å². The molecule has 1 rings (SSSR count). The summed E-state index contributed by atoms with van der Waals surface area (Å²) >= 11 is 0. The lowest BCUT2D eigenvalue weighted by atomic mass is 10.2. The van der Waals surface area contributed by atoms with E-state index in [9.17, 15) is 14.7 Å². The lowest BCUT2D eigenvalue weighted by Crippen LogP contribution is -2.39. The molecule has 0 radical (unpaired) electrons. The molecular weight excluding hydrogens is 256 g/mol. The van der Waals surface area contributed by atoms with Gasteiger partial charge in [0.15, 0.2) is 0 Å². The first kappa shape index (κ1) is 15.5. The summed E-state index contributed by atoms with van der Waals surface area (Å²) in [6, 6.07) is 4.75. The van der Waals surface area contributed by atoms with Crippen molar-refractivity contribution in [2.24, 2.45) is 0 Å². The van der Waals surface area contributed by atoms with E-state index in [1.165, 1.54) is 23.1 Å². The minimum Gasteiger partial charge on any atom is -0.506 e. The molecule has 0 aliphatic carbocycles. The van der Waals surface area contributed by atoms with E-state index in [-0.39, 0.29) is 24.5 Å². The minimum atomic E-state index is -0.811. The summed E-state index contributed by atoms with van der Waals surface area (Å²) in [7, 11) is 0. The number of phenolic OH excluding ortho intramolecular Hbond substituents is 1. The van der Waals surface area contributed by atoms with Gasteiger partial charge in [-0.25, -0.2) is 0 Å². The first-order valence-electron chi connectivity index (χ1n) is 6.11. The molecule has 2 N–H and O–H groups in total. The molecule has 0 aliphatic heterocycles. The second kappa shape index (κ2) is 7.13. The molecule has 5 nitrogen and oxygen atoms in total. The second-order valence-electron chi connectivity index (χ2n) is 4.26. The van der Waals surface area contributed by atoms with Crippen molar-refractivity contribution in [1.82, 2.24) is 4.90 Å². The number of rotatable bonds is 5. The Morgan fingerprint density at radius 2 is 1.90 bits per heavy atom. The summed E-state index contributed by atoms with van der Waals surface area (Å²) < 4.78 is 0. The van der Waals surface area contributed by atoms with Gasteiger partial charge in [0.2, 0.25) is 0 Å². The van der Waals surface area contributed by atoms with E-state index < -0.39 is 11.8 Å². The number of nitrogens with zero attached hydrogens (tertiary/aromatic N) is 1. The fourth-order valence-electron chi connectivity index (χ4n) is 1.62. The predicted octanol–water partition coefficient (Wildman–Crippen LogP) is 1.84. The molecule has 0 bridgehead atoms. The molecule has 1 aromatic carbocycles. The Balaban J connectivity index is 2.83. The smallest absolute Gasteiger partial charge is 0.314 e. The van der Waals surface area contributed by atoms with Gasteiger partial charge in [-0.2, -0.15) is 0 Å². The van der Waals surface area contributed by atoms with Gasteiger partial charge in [-0.1, -0.05) is 18.2 Å². The van der Waals surface area contributed by atoms with Crippen LogP contribution in [0.1, 0.15) is 5.56 Å². The normalized spacial score (nSPS) is 9.65. The van der Waals surface area contributed by atoms with Crippen LogP contribution >= 0.6 is 0 Å². The number of hydrogen-bond donors (Lipinski definition) is 2. The molecule has 0 saturated carbocycles. The summed E-state index contributed by atoms with van der Waals surface area (Å²) in [6.45, 7) is 9.38. The van der Waals surface area contributed by atoms with Gasteiger partial charge < -0.3 is 15.3 Å². The third-order valence-electron chi connectivity index (χ3n) is 2.58. The summed E-state index contributed by atoms with van der Waals surface area (Å²) in [4.78, 5) is 25.1. The molecule has 0 saturated heterocycles. The van der Waals surface area contributed by atoms with Gasteiger partial charge in [0.1, 0.15) is 5.75 Å². The number of phenols is 1. The molecule has 106 valence electrons. The first-order valence-corrected chi connectivity index (χ1v) is 6.11. The van der Waals surface area contributed by atoms with E-state index in [1.54, 1.807) is 12.1 Å². The minimum absolute atomic E-state index is 0.0873. The van der Waals surface area contributed by atoms with Gasteiger partial charge in [-0.05, 0) is 24.6 Å². The molecule has 2 amide bonds. The Morgan fingerprint density at radius 1 is 1.30 bits per heavy atom. The Kier molecular flexibility index (Phi) is 5.53. The highest BCUT2D eigenvalue weighted by atomic mass is 16.3. The van der Waals surface area contributed by atoms with Crippen LogP contribution < -0.4 is 5.32 Å². The van der Waals surface area contributed by atoms with Crippen molar-refractivity contribution in [2.75, 3.05) is 18.4 Å². The molecule has 0 spiro atoms. The van der Waals surface area contributed by atoms with Crippen molar-refractivity contribution in [2.45, 2.75) is 6.92 Å². The molecule has 5 heteroatoms. The number of benzene rings is 1. The third kappa shape index (κ3) is 3.98. The molecule has 0 fully saturated rings. The van der Waals surface area contributed by atoms with Crippen LogP contribution in [0.5, 0.6) is 5.75 Å². The maximum atomic E-state index is 12.0. The number of nitrogens with one attached hydrogen (secondary N) is 1. The lowest BCUT2D eigenvalue weighted by molar-refractivity contribution is -0.142. The fourth-order valence-corrected chi connectivity index (χ4v) is 1.62. The molecule has 0 unspecified atom stereocenters. The molecule has 0 aliphatic rings. The summed E-state index contributed by atoms with van der Waals surface area (Å²) in [5.41, 5.74) is 1.07.